The van der Waals surface area contributed by atoms with Crippen LogP contribution in [0.1, 0.15) is 6.92 Å². The number of aliphatic carboxylic acids is 1. The molecule has 104 valence electrons. The van der Waals surface area contributed by atoms with Crippen LogP contribution in [-0.2, 0) is 9.59 Å². The van der Waals surface area contributed by atoms with E-state index in [1.54, 1.807) is 4.90 Å². The average Bonchev–Trinajstić information content (AvgIpc) is 2.40. The number of hydrogen-bond acceptors (Lipinski definition) is 4. The molecule has 0 heterocycles. The van der Waals surface area contributed by atoms with E-state index in [2.05, 4.69) is 0 Å². The summed E-state index contributed by atoms with van der Waals surface area (Å²) >= 11 is 1.24. The third-order valence-corrected chi connectivity index (χ3v) is 3.57. The van der Waals surface area contributed by atoms with Gasteiger partial charge in [-0.1, -0.05) is 18.2 Å². The molecule has 0 aromatic heterocycles. The van der Waals surface area contributed by atoms with Crippen LogP contribution in [0.2, 0.25) is 0 Å². The first kappa shape index (κ1) is 15.5. The second-order valence-electron chi connectivity index (χ2n) is 3.93. The lowest BCUT2D eigenvalue weighted by atomic mass is 10.3. The Balaban J connectivity index is 2.49. The summed E-state index contributed by atoms with van der Waals surface area (Å²) in [6.07, 6.45) is 0. The molecule has 0 unspecified atom stereocenters. The van der Waals surface area contributed by atoms with E-state index < -0.39 is 12.0 Å². The Morgan fingerprint density at radius 1 is 1.37 bits per heavy atom. The van der Waals surface area contributed by atoms with Crippen molar-refractivity contribution in [1.29, 1.82) is 0 Å². The number of hydrogen-bond donors (Lipinski definition) is 2. The van der Waals surface area contributed by atoms with Crippen LogP contribution < -0.4 is 10.6 Å². The number of carboxylic acid groups (broad SMARTS) is 1. The van der Waals surface area contributed by atoms with Crippen molar-refractivity contribution in [3.05, 3.63) is 30.3 Å². The number of amides is 1. The lowest BCUT2D eigenvalue weighted by Gasteiger charge is -2.21. The van der Waals surface area contributed by atoms with Crippen molar-refractivity contribution in [3.63, 3.8) is 0 Å². The molecule has 5 nitrogen and oxygen atoms in total. The molecule has 0 saturated heterocycles. The molecular formula is C13H18N2O3S. The predicted octanol–water partition coefficient (Wildman–Crippen LogP) is 1.18. The van der Waals surface area contributed by atoms with Gasteiger partial charge in [0.1, 0.15) is 6.04 Å². The molecule has 0 aliphatic carbocycles. The summed E-state index contributed by atoms with van der Waals surface area (Å²) in [6, 6.07) is 8.45. The number of para-hydroxylation sites is 1. The largest absolute Gasteiger partial charge is 0.480 e. The third-order valence-electron chi connectivity index (χ3n) is 2.53. The maximum Gasteiger partial charge on any atom is 0.321 e. The second kappa shape index (κ2) is 7.81. The van der Waals surface area contributed by atoms with Gasteiger partial charge in [0.15, 0.2) is 0 Å². The zero-order chi connectivity index (χ0) is 14.3. The van der Waals surface area contributed by atoms with E-state index in [4.69, 9.17) is 10.8 Å². The van der Waals surface area contributed by atoms with Crippen molar-refractivity contribution in [1.82, 2.24) is 0 Å². The monoisotopic (exact) mass is 282 g/mol. The molecule has 0 saturated carbocycles. The number of nitrogens with zero attached hydrogens (tertiary/aromatic N) is 1. The van der Waals surface area contributed by atoms with Crippen molar-refractivity contribution in [2.75, 3.05) is 23.0 Å². The molecule has 0 fully saturated rings. The Labute approximate surface area is 116 Å². The van der Waals surface area contributed by atoms with Gasteiger partial charge in [-0.3, -0.25) is 9.59 Å². The van der Waals surface area contributed by atoms with Crippen LogP contribution in [-0.4, -0.2) is 41.1 Å². The van der Waals surface area contributed by atoms with Gasteiger partial charge < -0.3 is 15.7 Å². The van der Waals surface area contributed by atoms with E-state index in [1.807, 2.05) is 37.3 Å². The number of carbonyl (C=O) groups is 2. The van der Waals surface area contributed by atoms with Gasteiger partial charge in [-0.25, -0.2) is 0 Å². The summed E-state index contributed by atoms with van der Waals surface area (Å²) in [5.41, 5.74) is 6.22. The second-order valence-corrected chi connectivity index (χ2v) is 4.96. The van der Waals surface area contributed by atoms with Gasteiger partial charge in [-0.05, 0) is 19.1 Å². The predicted molar refractivity (Wildman–Crippen MR) is 77.4 cm³/mol. The maximum absolute atomic E-state index is 12.0. The molecular weight excluding hydrogens is 264 g/mol. The summed E-state index contributed by atoms with van der Waals surface area (Å²) in [4.78, 5) is 24.3. The lowest BCUT2D eigenvalue weighted by molar-refractivity contribution is -0.137. The SMILES string of the molecule is CCN(C(=O)CSC[C@@H](N)C(=O)O)c1ccccc1. The van der Waals surface area contributed by atoms with E-state index in [9.17, 15) is 9.59 Å². The molecule has 19 heavy (non-hydrogen) atoms. The molecule has 0 aliphatic rings. The Kier molecular flexibility index (Phi) is 6.38. The smallest absolute Gasteiger partial charge is 0.321 e. The molecule has 1 aromatic rings. The first-order valence-corrected chi connectivity index (χ1v) is 7.13. The summed E-state index contributed by atoms with van der Waals surface area (Å²) in [5.74, 6) is -0.636. The first-order valence-electron chi connectivity index (χ1n) is 5.97. The molecule has 0 bridgehead atoms. The highest BCUT2D eigenvalue weighted by atomic mass is 32.2. The minimum absolute atomic E-state index is 0.0451. The Hall–Kier alpha value is -1.53. The minimum atomic E-state index is -1.05. The van der Waals surface area contributed by atoms with Gasteiger partial charge in [0, 0.05) is 18.0 Å². The molecule has 1 amide bonds. The summed E-state index contributed by atoms with van der Waals surface area (Å²) in [5, 5.41) is 8.65. The van der Waals surface area contributed by atoms with Crippen LogP contribution in [0, 0.1) is 0 Å². The van der Waals surface area contributed by atoms with Crippen molar-refractivity contribution < 1.29 is 14.7 Å². The fraction of sp³-hybridized carbons (Fsp3) is 0.385. The van der Waals surface area contributed by atoms with E-state index in [0.717, 1.165) is 5.69 Å². The van der Waals surface area contributed by atoms with Gasteiger partial charge in [-0.2, -0.15) is 0 Å². The number of benzene rings is 1. The highest BCUT2D eigenvalue weighted by Gasteiger charge is 2.16. The quantitative estimate of drug-likeness (QED) is 0.784. The number of thioether (sulfide) groups is 1. The van der Waals surface area contributed by atoms with E-state index >= 15 is 0 Å². The van der Waals surface area contributed by atoms with E-state index in [1.165, 1.54) is 11.8 Å². The summed E-state index contributed by atoms with van der Waals surface area (Å²) in [7, 11) is 0. The standard InChI is InChI=1S/C13H18N2O3S/c1-2-15(10-6-4-3-5-7-10)12(16)9-19-8-11(14)13(17)18/h3-7,11H,2,8-9,14H2,1H3,(H,17,18)/t11-/m1/s1. The zero-order valence-electron chi connectivity index (χ0n) is 10.8. The van der Waals surface area contributed by atoms with Gasteiger partial charge in [0.05, 0.1) is 5.75 Å². The molecule has 1 aromatic carbocycles. The molecule has 6 heteroatoms. The van der Waals surface area contributed by atoms with Crippen molar-refractivity contribution >= 4 is 29.3 Å². The van der Waals surface area contributed by atoms with Crippen LogP contribution >= 0.6 is 11.8 Å². The lowest BCUT2D eigenvalue weighted by Crippen LogP contribution is -2.35. The summed E-state index contributed by atoms with van der Waals surface area (Å²) < 4.78 is 0. The summed E-state index contributed by atoms with van der Waals surface area (Å²) in [6.45, 7) is 2.48. The first-order chi connectivity index (χ1) is 9.06. The Bertz CT molecular complexity index is 425. The van der Waals surface area contributed by atoms with Gasteiger partial charge in [-0.15, -0.1) is 11.8 Å². The van der Waals surface area contributed by atoms with Gasteiger partial charge in [0.25, 0.3) is 0 Å². The van der Waals surface area contributed by atoms with E-state index in [0.29, 0.717) is 6.54 Å². The highest BCUT2D eigenvalue weighted by Crippen LogP contribution is 2.15. The van der Waals surface area contributed by atoms with Crippen LogP contribution in [0.3, 0.4) is 0 Å². The zero-order valence-corrected chi connectivity index (χ0v) is 11.6. The van der Waals surface area contributed by atoms with Crippen molar-refractivity contribution in [2.24, 2.45) is 5.73 Å². The van der Waals surface area contributed by atoms with Gasteiger partial charge >= 0.3 is 5.97 Å². The fourth-order valence-corrected chi connectivity index (χ4v) is 2.38. The molecule has 3 N–H and O–H groups in total. The molecule has 0 spiro atoms. The number of anilines is 1. The minimum Gasteiger partial charge on any atom is -0.480 e. The van der Waals surface area contributed by atoms with Crippen LogP contribution in [0.5, 0.6) is 0 Å². The third kappa shape index (κ3) is 4.92. The van der Waals surface area contributed by atoms with Gasteiger partial charge in [0.2, 0.25) is 5.91 Å². The average molecular weight is 282 g/mol. The fourth-order valence-electron chi connectivity index (χ4n) is 1.53. The Morgan fingerprint density at radius 2 is 2.00 bits per heavy atom. The van der Waals surface area contributed by atoms with Crippen molar-refractivity contribution in [2.45, 2.75) is 13.0 Å². The number of rotatable bonds is 7. The molecule has 0 radical (unpaired) electrons. The number of nitrogens with two attached hydrogens (primary N) is 1. The number of carboxylic acids is 1. The topological polar surface area (TPSA) is 83.6 Å². The van der Waals surface area contributed by atoms with Crippen LogP contribution in [0.25, 0.3) is 0 Å². The number of carbonyl (C=O) groups excluding carboxylic acids is 1. The highest BCUT2D eigenvalue weighted by molar-refractivity contribution is 8.00. The van der Waals surface area contributed by atoms with Crippen LogP contribution in [0.15, 0.2) is 30.3 Å². The normalized spacial score (nSPS) is 11.9. The molecule has 1 atom stereocenters. The maximum atomic E-state index is 12.0. The van der Waals surface area contributed by atoms with Crippen LogP contribution in [0.4, 0.5) is 5.69 Å². The van der Waals surface area contributed by atoms with E-state index in [-0.39, 0.29) is 17.4 Å². The van der Waals surface area contributed by atoms with Crippen molar-refractivity contribution in [3.8, 4) is 0 Å². The molecule has 0 aliphatic heterocycles. The Morgan fingerprint density at radius 3 is 2.53 bits per heavy atom. The molecule has 1 rings (SSSR count).